The van der Waals surface area contributed by atoms with Crippen LogP contribution in [-0.2, 0) is 4.74 Å². The standard InChI is InChI=1S/C17H25NO3/c1-12(2)13-7-9-18(10-8-13)15-6-5-14(17(19)21-4)11-16(15)20-3/h5-6,11-13H,7-10H2,1-4H3. The number of ether oxygens (including phenoxy) is 2. The number of piperidine rings is 1. The highest BCUT2D eigenvalue weighted by Crippen LogP contribution is 2.34. The van der Waals surface area contributed by atoms with E-state index in [4.69, 9.17) is 9.47 Å². The molecule has 1 saturated heterocycles. The lowest BCUT2D eigenvalue weighted by atomic mass is 9.86. The lowest BCUT2D eigenvalue weighted by Crippen LogP contribution is -2.35. The summed E-state index contributed by atoms with van der Waals surface area (Å²) >= 11 is 0. The van der Waals surface area contributed by atoms with Crippen LogP contribution in [-0.4, -0.2) is 33.3 Å². The minimum atomic E-state index is -0.335. The number of methoxy groups -OCH3 is 2. The van der Waals surface area contributed by atoms with Crippen molar-refractivity contribution < 1.29 is 14.3 Å². The molecule has 0 saturated carbocycles. The zero-order chi connectivity index (χ0) is 15.4. The van der Waals surface area contributed by atoms with Gasteiger partial charge in [0.25, 0.3) is 0 Å². The van der Waals surface area contributed by atoms with Crippen molar-refractivity contribution in [2.24, 2.45) is 11.8 Å². The zero-order valence-corrected chi connectivity index (χ0v) is 13.4. The van der Waals surface area contributed by atoms with Crippen molar-refractivity contribution in [2.45, 2.75) is 26.7 Å². The van der Waals surface area contributed by atoms with Gasteiger partial charge in [0, 0.05) is 13.1 Å². The SMILES string of the molecule is COC(=O)c1ccc(N2CCC(C(C)C)CC2)c(OC)c1. The largest absolute Gasteiger partial charge is 0.495 e. The van der Waals surface area contributed by atoms with Crippen LogP contribution >= 0.6 is 0 Å². The van der Waals surface area contributed by atoms with Crippen LogP contribution in [0.15, 0.2) is 18.2 Å². The Labute approximate surface area is 127 Å². The van der Waals surface area contributed by atoms with Crippen LogP contribution in [0.2, 0.25) is 0 Å². The molecule has 0 bridgehead atoms. The molecular formula is C17H25NO3. The van der Waals surface area contributed by atoms with Gasteiger partial charge in [-0.3, -0.25) is 0 Å². The first-order chi connectivity index (χ1) is 10.1. The molecule has 0 radical (unpaired) electrons. The topological polar surface area (TPSA) is 38.8 Å². The molecule has 0 unspecified atom stereocenters. The summed E-state index contributed by atoms with van der Waals surface area (Å²) in [6, 6.07) is 5.52. The Morgan fingerprint density at radius 3 is 2.43 bits per heavy atom. The highest BCUT2D eigenvalue weighted by atomic mass is 16.5. The molecule has 0 spiro atoms. The van der Waals surface area contributed by atoms with Crippen LogP contribution in [0.3, 0.4) is 0 Å². The summed E-state index contributed by atoms with van der Waals surface area (Å²) in [7, 11) is 3.03. The third kappa shape index (κ3) is 3.49. The van der Waals surface area contributed by atoms with E-state index >= 15 is 0 Å². The summed E-state index contributed by atoms with van der Waals surface area (Å²) in [6.07, 6.45) is 2.42. The normalized spacial score (nSPS) is 16.1. The first-order valence-electron chi connectivity index (χ1n) is 7.58. The number of benzene rings is 1. The number of esters is 1. The lowest BCUT2D eigenvalue weighted by Gasteiger charge is -2.36. The maximum Gasteiger partial charge on any atom is 0.337 e. The zero-order valence-electron chi connectivity index (χ0n) is 13.4. The van der Waals surface area contributed by atoms with Gasteiger partial charge in [0.1, 0.15) is 5.75 Å². The quantitative estimate of drug-likeness (QED) is 0.797. The highest BCUT2D eigenvalue weighted by molar-refractivity contribution is 5.90. The molecule has 1 aromatic rings. The molecule has 1 heterocycles. The van der Waals surface area contributed by atoms with Gasteiger partial charge in [-0.1, -0.05) is 13.8 Å². The molecular weight excluding hydrogens is 266 g/mol. The first kappa shape index (κ1) is 15.7. The summed E-state index contributed by atoms with van der Waals surface area (Å²) in [5, 5.41) is 0. The second-order valence-electron chi connectivity index (χ2n) is 5.95. The van der Waals surface area contributed by atoms with Crippen molar-refractivity contribution >= 4 is 11.7 Å². The van der Waals surface area contributed by atoms with E-state index in [1.165, 1.54) is 20.0 Å². The van der Waals surface area contributed by atoms with Crippen molar-refractivity contribution in [2.75, 3.05) is 32.2 Å². The Bertz CT molecular complexity index is 491. The van der Waals surface area contributed by atoms with Crippen LogP contribution < -0.4 is 9.64 Å². The van der Waals surface area contributed by atoms with Crippen molar-refractivity contribution in [3.63, 3.8) is 0 Å². The molecule has 1 aliphatic rings. The molecule has 116 valence electrons. The number of hydrogen-bond acceptors (Lipinski definition) is 4. The monoisotopic (exact) mass is 291 g/mol. The minimum absolute atomic E-state index is 0.335. The Hall–Kier alpha value is -1.71. The fourth-order valence-corrected chi connectivity index (χ4v) is 2.99. The van der Waals surface area contributed by atoms with Gasteiger partial charge in [-0.05, 0) is 42.9 Å². The van der Waals surface area contributed by atoms with Crippen LogP contribution in [0.5, 0.6) is 5.75 Å². The van der Waals surface area contributed by atoms with Gasteiger partial charge < -0.3 is 14.4 Å². The Morgan fingerprint density at radius 2 is 1.90 bits per heavy atom. The molecule has 21 heavy (non-hydrogen) atoms. The van der Waals surface area contributed by atoms with Gasteiger partial charge in [-0.15, -0.1) is 0 Å². The average Bonchev–Trinajstić information content (AvgIpc) is 2.53. The van der Waals surface area contributed by atoms with Gasteiger partial charge in [0.05, 0.1) is 25.5 Å². The number of carbonyl (C=O) groups is 1. The van der Waals surface area contributed by atoms with E-state index in [0.29, 0.717) is 5.56 Å². The number of carbonyl (C=O) groups excluding carboxylic acids is 1. The maximum atomic E-state index is 11.6. The number of nitrogens with zero attached hydrogens (tertiary/aromatic N) is 1. The summed E-state index contributed by atoms with van der Waals surface area (Å²) in [5.74, 6) is 1.96. The molecule has 0 aromatic heterocycles. The lowest BCUT2D eigenvalue weighted by molar-refractivity contribution is 0.0600. The van der Waals surface area contributed by atoms with E-state index < -0.39 is 0 Å². The predicted octanol–water partition coefficient (Wildman–Crippen LogP) is 3.35. The molecule has 1 aliphatic heterocycles. The Morgan fingerprint density at radius 1 is 1.24 bits per heavy atom. The minimum Gasteiger partial charge on any atom is -0.495 e. The van der Waals surface area contributed by atoms with Gasteiger partial charge in [-0.2, -0.15) is 0 Å². The van der Waals surface area contributed by atoms with Crippen molar-refractivity contribution in [3.8, 4) is 5.75 Å². The molecule has 0 aliphatic carbocycles. The summed E-state index contributed by atoms with van der Waals surface area (Å²) < 4.78 is 10.2. The smallest absolute Gasteiger partial charge is 0.337 e. The molecule has 2 rings (SSSR count). The average molecular weight is 291 g/mol. The van der Waals surface area contributed by atoms with Gasteiger partial charge >= 0.3 is 5.97 Å². The number of anilines is 1. The van der Waals surface area contributed by atoms with E-state index in [-0.39, 0.29) is 5.97 Å². The molecule has 1 fully saturated rings. The number of rotatable bonds is 4. The highest BCUT2D eigenvalue weighted by Gasteiger charge is 2.23. The van der Waals surface area contributed by atoms with Crippen molar-refractivity contribution in [3.05, 3.63) is 23.8 Å². The fourth-order valence-electron chi connectivity index (χ4n) is 2.99. The second-order valence-corrected chi connectivity index (χ2v) is 5.95. The third-order valence-electron chi connectivity index (χ3n) is 4.42. The van der Waals surface area contributed by atoms with Crippen LogP contribution in [0.4, 0.5) is 5.69 Å². The molecule has 0 atom stereocenters. The first-order valence-corrected chi connectivity index (χ1v) is 7.58. The van der Waals surface area contributed by atoms with Crippen molar-refractivity contribution in [1.29, 1.82) is 0 Å². The van der Waals surface area contributed by atoms with Crippen molar-refractivity contribution in [1.82, 2.24) is 0 Å². The molecule has 4 nitrogen and oxygen atoms in total. The number of hydrogen-bond donors (Lipinski definition) is 0. The molecule has 4 heteroatoms. The summed E-state index contributed by atoms with van der Waals surface area (Å²) in [6.45, 7) is 6.67. The van der Waals surface area contributed by atoms with Crippen LogP contribution in [0, 0.1) is 11.8 Å². The maximum absolute atomic E-state index is 11.6. The predicted molar refractivity (Wildman–Crippen MR) is 84.1 cm³/mol. The van der Waals surface area contributed by atoms with Crippen LogP contribution in [0.25, 0.3) is 0 Å². The molecule has 1 aromatic carbocycles. The Kier molecular flexibility index (Phi) is 5.10. The molecule has 0 amide bonds. The van der Waals surface area contributed by atoms with E-state index in [1.54, 1.807) is 19.2 Å². The van der Waals surface area contributed by atoms with Gasteiger partial charge in [0.2, 0.25) is 0 Å². The summed E-state index contributed by atoms with van der Waals surface area (Å²) in [4.78, 5) is 13.9. The summed E-state index contributed by atoms with van der Waals surface area (Å²) in [5.41, 5.74) is 1.59. The fraction of sp³-hybridized carbons (Fsp3) is 0.588. The Balaban J connectivity index is 2.15. The molecule has 0 N–H and O–H groups in total. The van der Waals surface area contributed by atoms with E-state index in [9.17, 15) is 4.79 Å². The van der Waals surface area contributed by atoms with E-state index in [1.807, 2.05) is 6.07 Å². The van der Waals surface area contributed by atoms with Gasteiger partial charge in [0.15, 0.2) is 0 Å². The second kappa shape index (κ2) is 6.83. The van der Waals surface area contributed by atoms with E-state index in [2.05, 4.69) is 18.7 Å². The third-order valence-corrected chi connectivity index (χ3v) is 4.42. The van der Waals surface area contributed by atoms with E-state index in [0.717, 1.165) is 36.4 Å². The van der Waals surface area contributed by atoms with Crippen LogP contribution in [0.1, 0.15) is 37.0 Å². The van der Waals surface area contributed by atoms with Gasteiger partial charge in [-0.25, -0.2) is 4.79 Å².